The quantitative estimate of drug-likeness (QED) is 0.794. The average Bonchev–Trinajstić information content (AvgIpc) is 2.70. The molecule has 1 aromatic carbocycles. The van der Waals surface area contributed by atoms with Crippen LogP contribution in [-0.4, -0.2) is 34.8 Å². The first-order valence-corrected chi connectivity index (χ1v) is 6.91. The lowest BCUT2D eigenvalue weighted by atomic mass is 9.99. The van der Waals surface area contributed by atoms with Gasteiger partial charge in [0.05, 0.1) is 0 Å². The number of carbonyl (C=O) groups excluding carboxylic acids is 3. The zero-order valence-corrected chi connectivity index (χ0v) is 12.2. The van der Waals surface area contributed by atoms with E-state index in [2.05, 4.69) is 10.6 Å². The van der Waals surface area contributed by atoms with E-state index in [9.17, 15) is 14.4 Å². The van der Waals surface area contributed by atoms with Gasteiger partial charge in [0.2, 0.25) is 5.91 Å². The molecule has 6 heteroatoms. The van der Waals surface area contributed by atoms with Gasteiger partial charge in [-0.05, 0) is 18.9 Å². The Bertz CT molecular complexity index is 559. The van der Waals surface area contributed by atoms with E-state index in [1.54, 1.807) is 6.92 Å². The zero-order valence-electron chi connectivity index (χ0n) is 12.2. The van der Waals surface area contributed by atoms with Crippen molar-refractivity contribution in [2.24, 2.45) is 0 Å². The van der Waals surface area contributed by atoms with Crippen molar-refractivity contribution in [1.82, 2.24) is 15.5 Å². The second-order valence-corrected chi connectivity index (χ2v) is 5.27. The Morgan fingerprint density at radius 3 is 2.52 bits per heavy atom. The van der Waals surface area contributed by atoms with Crippen LogP contribution in [0.25, 0.3) is 0 Å². The molecular weight excluding hydrogens is 270 g/mol. The highest BCUT2D eigenvalue weighted by Crippen LogP contribution is 2.20. The molecule has 1 fully saturated rings. The average molecular weight is 289 g/mol. The molecule has 0 spiro atoms. The van der Waals surface area contributed by atoms with Gasteiger partial charge in [-0.25, -0.2) is 4.79 Å². The van der Waals surface area contributed by atoms with Gasteiger partial charge in [-0.2, -0.15) is 0 Å². The molecular formula is C15H19N3O3. The maximum Gasteiger partial charge on any atom is 0.325 e. The van der Waals surface area contributed by atoms with Crippen molar-refractivity contribution in [3.8, 4) is 0 Å². The molecule has 1 atom stereocenters. The van der Waals surface area contributed by atoms with Crippen molar-refractivity contribution in [3.63, 3.8) is 0 Å². The van der Waals surface area contributed by atoms with Crippen molar-refractivity contribution in [2.45, 2.75) is 32.4 Å². The molecule has 0 bridgehead atoms. The first-order chi connectivity index (χ1) is 9.96. The number of rotatable bonds is 5. The van der Waals surface area contributed by atoms with Gasteiger partial charge in [0.25, 0.3) is 5.91 Å². The first-order valence-electron chi connectivity index (χ1n) is 6.91. The number of hydrogen-bond acceptors (Lipinski definition) is 3. The van der Waals surface area contributed by atoms with Gasteiger partial charge in [-0.3, -0.25) is 14.5 Å². The molecule has 0 aliphatic carbocycles. The van der Waals surface area contributed by atoms with Crippen LogP contribution < -0.4 is 10.6 Å². The van der Waals surface area contributed by atoms with Crippen LogP contribution in [0, 0.1) is 0 Å². The Balaban J connectivity index is 1.91. The minimum absolute atomic E-state index is 0.257. The summed E-state index contributed by atoms with van der Waals surface area (Å²) in [6.45, 7) is 3.59. The summed E-state index contributed by atoms with van der Waals surface area (Å²) in [4.78, 5) is 36.8. The van der Waals surface area contributed by atoms with Crippen molar-refractivity contribution in [3.05, 3.63) is 35.9 Å². The Morgan fingerprint density at radius 2 is 1.95 bits per heavy atom. The van der Waals surface area contributed by atoms with Gasteiger partial charge in [0.1, 0.15) is 12.1 Å². The topological polar surface area (TPSA) is 78.5 Å². The fourth-order valence-corrected chi connectivity index (χ4v) is 2.13. The molecule has 0 aromatic heterocycles. The highest BCUT2D eigenvalue weighted by atomic mass is 16.2. The van der Waals surface area contributed by atoms with Crippen LogP contribution in [0.2, 0.25) is 0 Å². The van der Waals surface area contributed by atoms with Crippen molar-refractivity contribution in [2.75, 3.05) is 6.54 Å². The molecule has 1 saturated heterocycles. The van der Waals surface area contributed by atoms with Gasteiger partial charge < -0.3 is 10.6 Å². The summed E-state index contributed by atoms with van der Waals surface area (Å²) < 4.78 is 0. The minimum Gasteiger partial charge on any atom is -0.350 e. The summed E-state index contributed by atoms with van der Waals surface area (Å²) in [5.41, 5.74) is 0.0537. The van der Waals surface area contributed by atoms with E-state index in [1.807, 2.05) is 37.3 Å². The normalized spacial score (nSPS) is 21.3. The number of carbonyl (C=O) groups is 3. The van der Waals surface area contributed by atoms with E-state index in [1.165, 1.54) is 0 Å². The van der Waals surface area contributed by atoms with Crippen molar-refractivity contribution >= 4 is 17.8 Å². The van der Waals surface area contributed by atoms with Gasteiger partial charge in [-0.1, -0.05) is 37.3 Å². The Hall–Kier alpha value is -2.37. The highest BCUT2D eigenvalue weighted by Gasteiger charge is 2.46. The summed E-state index contributed by atoms with van der Waals surface area (Å²) in [7, 11) is 0. The van der Waals surface area contributed by atoms with E-state index in [0.29, 0.717) is 13.0 Å². The number of urea groups is 1. The summed E-state index contributed by atoms with van der Waals surface area (Å²) in [6.07, 6.45) is 0.486. The van der Waals surface area contributed by atoms with Crippen LogP contribution in [-0.2, 0) is 16.1 Å². The molecule has 1 aliphatic heterocycles. The number of amides is 4. The standard InChI is InChI=1S/C15H19N3O3/c1-3-15(2)13(20)18(14(21)17-15)10-12(19)16-9-11-7-5-4-6-8-11/h4-8H,3,9-10H2,1-2H3,(H,16,19)(H,17,21)/t15-/m1/s1. The minimum atomic E-state index is -0.906. The van der Waals surface area contributed by atoms with E-state index < -0.39 is 11.6 Å². The molecule has 1 aromatic rings. The SMILES string of the molecule is CC[C@@]1(C)NC(=O)N(CC(=O)NCc2ccccc2)C1=O. The van der Waals surface area contributed by atoms with Crippen LogP contribution in [0.3, 0.4) is 0 Å². The van der Waals surface area contributed by atoms with Gasteiger partial charge in [0, 0.05) is 6.54 Å². The van der Waals surface area contributed by atoms with E-state index in [0.717, 1.165) is 10.5 Å². The second kappa shape index (κ2) is 5.95. The molecule has 0 unspecified atom stereocenters. The highest BCUT2D eigenvalue weighted by molar-refractivity contribution is 6.08. The van der Waals surface area contributed by atoms with Crippen LogP contribution >= 0.6 is 0 Å². The van der Waals surface area contributed by atoms with Crippen LogP contribution in [0.5, 0.6) is 0 Å². The van der Waals surface area contributed by atoms with Crippen molar-refractivity contribution in [1.29, 1.82) is 0 Å². The lowest BCUT2D eigenvalue weighted by Gasteiger charge is -2.19. The van der Waals surface area contributed by atoms with Crippen LogP contribution in [0.1, 0.15) is 25.8 Å². The fourth-order valence-electron chi connectivity index (χ4n) is 2.13. The van der Waals surface area contributed by atoms with Crippen LogP contribution in [0.15, 0.2) is 30.3 Å². The number of nitrogens with zero attached hydrogens (tertiary/aromatic N) is 1. The van der Waals surface area contributed by atoms with E-state index in [-0.39, 0.29) is 18.4 Å². The third-order valence-electron chi connectivity index (χ3n) is 3.69. The van der Waals surface area contributed by atoms with Gasteiger partial charge >= 0.3 is 6.03 Å². The largest absolute Gasteiger partial charge is 0.350 e. The van der Waals surface area contributed by atoms with Gasteiger partial charge in [0.15, 0.2) is 0 Å². The third kappa shape index (κ3) is 3.21. The Labute approximate surface area is 123 Å². The fraction of sp³-hybridized carbons (Fsp3) is 0.400. The molecule has 4 amide bonds. The zero-order chi connectivity index (χ0) is 15.5. The molecule has 2 N–H and O–H groups in total. The predicted octanol–water partition coefficient (Wildman–Crippen LogP) is 1.02. The summed E-state index contributed by atoms with van der Waals surface area (Å²) in [5, 5.41) is 5.32. The summed E-state index contributed by atoms with van der Waals surface area (Å²) in [5.74, 6) is -0.715. The molecule has 0 saturated carbocycles. The molecule has 1 aliphatic rings. The summed E-state index contributed by atoms with van der Waals surface area (Å²) in [6, 6.07) is 8.92. The first kappa shape index (κ1) is 15.0. The third-order valence-corrected chi connectivity index (χ3v) is 3.69. The number of nitrogens with one attached hydrogen (secondary N) is 2. The Morgan fingerprint density at radius 1 is 1.29 bits per heavy atom. The molecule has 21 heavy (non-hydrogen) atoms. The molecule has 6 nitrogen and oxygen atoms in total. The van der Waals surface area contributed by atoms with E-state index >= 15 is 0 Å². The van der Waals surface area contributed by atoms with Crippen molar-refractivity contribution < 1.29 is 14.4 Å². The predicted molar refractivity (Wildman–Crippen MR) is 77.2 cm³/mol. The lowest BCUT2D eigenvalue weighted by molar-refractivity contribution is -0.134. The van der Waals surface area contributed by atoms with Gasteiger partial charge in [-0.15, -0.1) is 0 Å². The van der Waals surface area contributed by atoms with E-state index in [4.69, 9.17) is 0 Å². The summed E-state index contributed by atoms with van der Waals surface area (Å²) >= 11 is 0. The maximum atomic E-state index is 12.1. The maximum absolute atomic E-state index is 12.1. The molecule has 112 valence electrons. The molecule has 2 rings (SSSR count). The second-order valence-electron chi connectivity index (χ2n) is 5.27. The Kier molecular flexibility index (Phi) is 4.26. The number of hydrogen-bond donors (Lipinski definition) is 2. The smallest absolute Gasteiger partial charge is 0.325 e. The monoisotopic (exact) mass is 289 g/mol. The van der Waals surface area contributed by atoms with Crippen LogP contribution in [0.4, 0.5) is 4.79 Å². The number of imide groups is 1. The molecule has 1 heterocycles. The lowest BCUT2D eigenvalue weighted by Crippen LogP contribution is -2.44. The molecule has 0 radical (unpaired) electrons. The number of benzene rings is 1.